The van der Waals surface area contributed by atoms with Crippen molar-refractivity contribution in [3.05, 3.63) is 82.2 Å². The summed E-state index contributed by atoms with van der Waals surface area (Å²) < 4.78 is 59.9. The molecule has 0 spiro atoms. The summed E-state index contributed by atoms with van der Waals surface area (Å²) in [6.07, 6.45) is 1.39. The van der Waals surface area contributed by atoms with Gasteiger partial charge in [0.25, 0.3) is 15.9 Å². The maximum Gasteiger partial charge on any atom is 0.271 e. The van der Waals surface area contributed by atoms with Crippen LogP contribution in [-0.2, 0) is 24.6 Å². The predicted octanol–water partition coefficient (Wildman–Crippen LogP) is 4.73. The van der Waals surface area contributed by atoms with Crippen LogP contribution in [0.4, 0.5) is 11.4 Å². The maximum absolute atomic E-state index is 13.2. The van der Waals surface area contributed by atoms with Crippen molar-refractivity contribution in [1.82, 2.24) is 4.90 Å². The summed E-state index contributed by atoms with van der Waals surface area (Å²) in [6, 6.07) is 12.6. The molecular formula is C24H23Cl2N3O6S3. The molecular weight excluding hydrogens is 593 g/mol. The first-order valence-electron chi connectivity index (χ1n) is 11.2. The summed E-state index contributed by atoms with van der Waals surface area (Å²) in [5, 5.41) is 1.96. The van der Waals surface area contributed by atoms with Crippen molar-refractivity contribution in [3.63, 3.8) is 0 Å². The van der Waals surface area contributed by atoms with Gasteiger partial charge in [0.1, 0.15) is 9.58 Å². The molecule has 1 aliphatic heterocycles. The Morgan fingerprint density at radius 3 is 2.32 bits per heavy atom. The molecule has 0 bridgehead atoms. The van der Waals surface area contributed by atoms with E-state index in [0.717, 1.165) is 11.3 Å². The van der Waals surface area contributed by atoms with Crippen molar-refractivity contribution >= 4 is 71.7 Å². The van der Waals surface area contributed by atoms with Crippen LogP contribution >= 0.6 is 34.5 Å². The van der Waals surface area contributed by atoms with Gasteiger partial charge in [0.05, 0.1) is 33.7 Å². The van der Waals surface area contributed by atoms with E-state index in [1.54, 1.807) is 4.90 Å². The van der Waals surface area contributed by atoms with E-state index in [-0.39, 0.29) is 25.4 Å². The summed E-state index contributed by atoms with van der Waals surface area (Å²) in [5.41, 5.74) is 0.281. The maximum atomic E-state index is 13.2. The highest BCUT2D eigenvalue weighted by Gasteiger charge is 2.31. The number of ether oxygens (including phenoxy) is 1. The number of nitrogens with zero attached hydrogens (tertiary/aromatic N) is 1. The Balaban J connectivity index is 1.53. The minimum atomic E-state index is -4.00. The fraction of sp³-hybridized carbons (Fsp3) is 0.208. The number of sulfonamides is 1. The fourth-order valence-electron chi connectivity index (χ4n) is 3.80. The molecule has 0 saturated carbocycles. The third kappa shape index (κ3) is 6.40. The Hall–Kier alpha value is -2.45. The van der Waals surface area contributed by atoms with Gasteiger partial charge in [0.15, 0.2) is 9.84 Å². The van der Waals surface area contributed by atoms with Gasteiger partial charge in [-0.15, -0.1) is 17.9 Å². The second-order valence-electron chi connectivity index (χ2n) is 8.15. The number of sulfone groups is 1. The lowest BCUT2D eigenvalue weighted by molar-refractivity contribution is 0.0374. The van der Waals surface area contributed by atoms with Crippen LogP contribution in [0.1, 0.15) is 10.4 Å². The highest BCUT2D eigenvalue weighted by molar-refractivity contribution is 7.94. The van der Waals surface area contributed by atoms with E-state index in [0.29, 0.717) is 36.3 Å². The minimum Gasteiger partial charge on any atom is -0.379 e. The number of amides is 1. The highest BCUT2D eigenvalue weighted by atomic mass is 35.5. The molecule has 1 aliphatic rings. The number of morpholine rings is 1. The molecule has 1 unspecified atom stereocenters. The van der Waals surface area contributed by atoms with E-state index in [2.05, 4.69) is 16.6 Å². The smallest absolute Gasteiger partial charge is 0.271 e. The number of hydrogen-bond donors (Lipinski definition) is 2. The first-order chi connectivity index (χ1) is 18.0. The zero-order chi connectivity index (χ0) is 27.5. The van der Waals surface area contributed by atoms with Gasteiger partial charge in [-0.25, -0.2) is 16.8 Å². The van der Waals surface area contributed by atoms with Crippen LogP contribution in [0.25, 0.3) is 0 Å². The Morgan fingerprint density at radius 2 is 1.71 bits per heavy atom. The second-order valence-corrected chi connectivity index (χ2v) is 14.3. The molecule has 0 aliphatic carbocycles. The minimum absolute atomic E-state index is 0.00922. The average molecular weight is 617 g/mol. The van der Waals surface area contributed by atoms with Crippen LogP contribution in [0.15, 0.2) is 76.4 Å². The van der Waals surface area contributed by atoms with Crippen molar-refractivity contribution in [2.75, 3.05) is 36.3 Å². The standard InChI is InChI=1S/C24H23Cl2N3O6S3/c1-2-22(29-11-13-35-14-12-29)37(31,32)18-6-4-17(5-7-18)27-24(30)19-15-16(25)3-8-20(19)28-38(33,34)23-10-9-21(26)36-23/h2-10,15,22,28H,1,11-14H2,(H,27,30). The molecule has 2 N–H and O–H groups in total. The fourth-order valence-corrected chi connectivity index (χ4v) is 8.19. The van der Waals surface area contributed by atoms with E-state index < -0.39 is 31.1 Å². The van der Waals surface area contributed by atoms with Gasteiger partial charge in [-0.1, -0.05) is 29.3 Å². The van der Waals surface area contributed by atoms with Crippen molar-refractivity contribution in [2.45, 2.75) is 14.5 Å². The first kappa shape index (κ1) is 28.6. The van der Waals surface area contributed by atoms with Crippen molar-refractivity contribution in [1.29, 1.82) is 0 Å². The molecule has 4 rings (SSSR count). The Morgan fingerprint density at radius 1 is 1.03 bits per heavy atom. The Labute approximate surface area is 235 Å². The molecule has 1 atom stereocenters. The molecule has 2 heterocycles. The van der Waals surface area contributed by atoms with Gasteiger partial charge in [-0.05, 0) is 54.6 Å². The van der Waals surface area contributed by atoms with Crippen LogP contribution in [0.3, 0.4) is 0 Å². The molecule has 0 radical (unpaired) electrons. The number of anilines is 2. The van der Waals surface area contributed by atoms with E-state index in [1.807, 2.05) is 0 Å². The van der Waals surface area contributed by atoms with Crippen LogP contribution in [0.2, 0.25) is 9.36 Å². The normalized spacial score (nSPS) is 15.5. The summed E-state index contributed by atoms with van der Waals surface area (Å²) in [7, 11) is -7.77. The number of carbonyl (C=O) groups is 1. The molecule has 1 aromatic heterocycles. The number of thiophene rings is 1. The summed E-state index contributed by atoms with van der Waals surface area (Å²) in [4.78, 5) is 14.9. The number of hydrogen-bond acceptors (Lipinski definition) is 8. The van der Waals surface area contributed by atoms with Crippen LogP contribution in [0, 0.1) is 0 Å². The average Bonchev–Trinajstić information content (AvgIpc) is 3.33. The lowest BCUT2D eigenvalue weighted by Gasteiger charge is -2.32. The topological polar surface area (TPSA) is 122 Å². The van der Waals surface area contributed by atoms with Crippen LogP contribution < -0.4 is 10.0 Å². The number of benzene rings is 2. The molecule has 9 nitrogen and oxygen atoms in total. The molecule has 3 aromatic rings. The monoisotopic (exact) mass is 615 g/mol. The Kier molecular flexibility index (Phi) is 8.82. The number of carbonyl (C=O) groups excluding carboxylic acids is 1. The molecule has 38 heavy (non-hydrogen) atoms. The van der Waals surface area contributed by atoms with Crippen LogP contribution in [-0.4, -0.2) is 59.3 Å². The highest BCUT2D eigenvalue weighted by Crippen LogP contribution is 2.30. The van der Waals surface area contributed by atoms with Gasteiger partial charge in [0.2, 0.25) is 0 Å². The van der Waals surface area contributed by atoms with Crippen molar-refractivity contribution < 1.29 is 26.4 Å². The van der Waals surface area contributed by atoms with Crippen LogP contribution in [0.5, 0.6) is 0 Å². The van der Waals surface area contributed by atoms with E-state index in [1.165, 1.54) is 60.7 Å². The van der Waals surface area contributed by atoms with E-state index in [4.69, 9.17) is 27.9 Å². The Bertz CT molecular complexity index is 1550. The zero-order valence-electron chi connectivity index (χ0n) is 19.8. The number of nitrogens with one attached hydrogen (secondary N) is 2. The van der Waals surface area contributed by atoms with Gasteiger partial charge < -0.3 is 10.1 Å². The quantitative estimate of drug-likeness (QED) is 0.334. The van der Waals surface area contributed by atoms with E-state index in [9.17, 15) is 21.6 Å². The lowest BCUT2D eigenvalue weighted by Crippen LogP contribution is -2.46. The molecule has 1 fully saturated rings. The number of halogens is 2. The molecule has 14 heteroatoms. The van der Waals surface area contributed by atoms with Gasteiger partial charge >= 0.3 is 0 Å². The zero-order valence-corrected chi connectivity index (χ0v) is 23.7. The van der Waals surface area contributed by atoms with E-state index >= 15 is 0 Å². The third-order valence-electron chi connectivity index (χ3n) is 5.65. The summed E-state index contributed by atoms with van der Waals surface area (Å²) in [5.74, 6) is -0.651. The van der Waals surface area contributed by atoms with Crippen molar-refractivity contribution in [2.24, 2.45) is 0 Å². The van der Waals surface area contributed by atoms with Gasteiger partial charge in [0, 0.05) is 23.8 Å². The lowest BCUT2D eigenvalue weighted by atomic mass is 10.1. The largest absolute Gasteiger partial charge is 0.379 e. The third-order valence-corrected chi connectivity index (χ3v) is 11.0. The summed E-state index contributed by atoms with van der Waals surface area (Å²) in [6.45, 7) is 5.51. The molecule has 1 saturated heterocycles. The molecule has 2 aromatic carbocycles. The first-order valence-corrected chi connectivity index (χ1v) is 15.8. The van der Waals surface area contributed by atoms with Crippen molar-refractivity contribution in [3.8, 4) is 0 Å². The summed E-state index contributed by atoms with van der Waals surface area (Å²) >= 11 is 12.8. The SMILES string of the molecule is C=CC(N1CCOCC1)S(=O)(=O)c1ccc(NC(=O)c2cc(Cl)ccc2NS(=O)(=O)c2ccc(Cl)s2)cc1. The number of rotatable bonds is 9. The molecule has 1 amide bonds. The van der Waals surface area contributed by atoms with Gasteiger partial charge in [-0.2, -0.15) is 0 Å². The second kappa shape index (κ2) is 11.7. The predicted molar refractivity (Wildman–Crippen MR) is 150 cm³/mol. The molecule has 202 valence electrons. The van der Waals surface area contributed by atoms with Gasteiger partial charge in [-0.3, -0.25) is 14.4 Å².